The van der Waals surface area contributed by atoms with Crippen molar-refractivity contribution in [3.05, 3.63) is 53.1 Å². The summed E-state index contributed by atoms with van der Waals surface area (Å²) in [6.45, 7) is 3.10. The van der Waals surface area contributed by atoms with Gasteiger partial charge in [0.1, 0.15) is 0 Å². The summed E-state index contributed by atoms with van der Waals surface area (Å²) in [6.07, 6.45) is 2.90. The van der Waals surface area contributed by atoms with E-state index in [0.29, 0.717) is 16.9 Å². The van der Waals surface area contributed by atoms with E-state index >= 15 is 0 Å². The second kappa shape index (κ2) is 8.76. The van der Waals surface area contributed by atoms with Gasteiger partial charge in [0.05, 0.1) is 17.5 Å². The molecule has 3 rings (SSSR count). The predicted octanol–water partition coefficient (Wildman–Crippen LogP) is 2.47. The van der Waals surface area contributed by atoms with Crippen LogP contribution in [0.25, 0.3) is 0 Å². The van der Waals surface area contributed by atoms with Crippen molar-refractivity contribution in [2.24, 2.45) is 0 Å². The van der Waals surface area contributed by atoms with E-state index in [1.807, 2.05) is 0 Å². The fraction of sp³-hybridized carbons (Fsp3) is 0.286. The van der Waals surface area contributed by atoms with Crippen LogP contribution in [0.3, 0.4) is 0 Å². The zero-order chi connectivity index (χ0) is 22.8. The predicted molar refractivity (Wildman–Crippen MR) is 119 cm³/mol. The molecule has 3 amide bonds. The first-order chi connectivity index (χ1) is 14.5. The zero-order valence-electron chi connectivity index (χ0n) is 17.4. The van der Waals surface area contributed by atoms with Gasteiger partial charge in [0, 0.05) is 29.9 Å². The Morgan fingerprint density at radius 2 is 1.65 bits per heavy atom. The SMILES string of the molecule is CC(=O)Nc1ccc(NS(C)(=O)=O)c(C(=O)Nc2cc(C(=O)NC3CC3)ccc2C)c1. The molecule has 1 saturated carbocycles. The second-order valence-corrected chi connectivity index (χ2v) is 9.30. The van der Waals surface area contributed by atoms with Gasteiger partial charge in [0.25, 0.3) is 11.8 Å². The Kier molecular flexibility index (Phi) is 6.30. The number of carbonyl (C=O) groups is 3. The normalized spacial score (nSPS) is 13.3. The van der Waals surface area contributed by atoms with Gasteiger partial charge in [-0.1, -0.05) is 6.07 Å². The lowest BCUT2D eigenvalue weighted by molar-refractivity contribution is -0.114. The van der Waals surface area contributed by atoms with E-state index in [0.717, 1.165) is 24.7 Å². The fourth-order valence-corrected chi connectivity index (χ4v) is 3.46. The molecule has 0 aliphatic heterocycles. The molecule has 1 aliphatic rings. The van der Waals surface area contributed by atoms with E-state index in [2.05, 4.69) is 20.7 Å². The molecular weight excluding hydrogens is 420 g/mol. The van der Waals surface area contributed by atoms with E-state index in [-0.39, 0.29) is 29.1 Å². The van der Waals surface area contributed by atoms with Crippen LogP contribution in [0.2, 0.25) is 0 Å². The van der Waals surface area contributed by atoms with Gasteiger partial charge in [0.15, 0.2) is 0 Å². The number of sulfonamides is 1. The van der Waals surface area contributed by atoms with Crippen molar-refractivity contribution in [1.29, 1.82) is 0 Å². The molecule has 164 valence electrons. The highest BCUT2D eigenvalue weighted by Gasteiger charge is 2.24. The molecular formula is C21H24N4O5S. The Balaban J connectivity index is 1.90. The Labute approximate surface area is 180 Å². The summed E-state index contributed by atoms with van der Waals surface area (Å²) >= 11 is 0. The van der Waals surface area contributed by atoms with Crippen LogP contribution in [0.1, 0.15) is 46.0 Å². The maximum atomic E-state index is 13.0. The minimum atomic E-state index is -3.64. The number of rotatable bonds is 7. The largest absolute Gasteiger partial charge is 0.349 e. The number of carbonyl (C=O) groups excluding carboxylic acids is 3. The second-order valence-electron chi connectivity index (χ2n) is 7.55. The minimum absolute atomic E-state index is 0.0175. The molecule has 0 radical (unpaired) electrons. The summed E-state index contributed by atoms with van der Waals surface area (Å²) in [7, 11) is -3.64. The molecule has 2 aromatic carbocycles. The van der Waals surface area contributed by atoms with Gasteiger partial charge in [-0.3, -0.25) is 19.1 Å². The quantitative estimate of drug-likeness (QED) is 0.521. The van der Waals surface area contributed by atoms with Crippen LogP contribution in [0.15, 0.2) is 36.4 Å². The van der Waals surface area contributed by atoms with Crippen molar-refractivity contribution in [2.75, 3.05) is 21.6 Å². The van der Waals surface area contributed by atoms with Gasteiger partial charge in [-0.25, -0.2) is 8.42 Å². The van der Waals surface area contributed by atoms with E-state index in [4.69, 9.17) is 0 Å². The molecule has 31 heavy (non-hydrogen) atoms. The highest BCUT2D eigenvalue weighted by Crippen LogP contribution is 2.25. The number of aryl methyl sites for hydroxylation is 1. The van der Waals surface area contributed by atoms with E-state index in [1.54, 1.807) is 25.1 Å². The lowest BCUT2D eigenvalue weighted by Gasteiger charge is -2.15. The first-order valence-corrected chi connectivity index (χ1v) is 11.5. The van der Waals surface area contributed by atoms with Crippen LogP contribution in [0.4, 0.5) is 17.1 Å². The smallest absolute Gasteiger partial charge is 0.257 e. The minimum Gasteiger partial charge on any atom is -0.349 e. The number of benzene rings is 2. The summed E-state index contributed by atoms with van der Waals surface area (Å²) in [5.74, 6) is -1.15. The first kappa shape index (κ1) is 22.3. The summed E-state index contributed by atoms with van der Waals surface area (Å²) < 4.78 is 25.7. The van der Waals surface area contributed by atoms with Crippen molar-refractivity contribution < 1.29 is 22.8 Å². The van der Waals surface area contributed by atoms with Crippen LogP contribution in [0.5, 0.6) is 0 Å². The van der Waals surface area contributed by atoms with Crippen molar-refractivity contribution in [3.63, 3.8) is 0 Å². The lowest BCUT2D eigenvalue weighted by atomic mass is 10.1. The topological polar surface area (TPSA) is 133 Å². The van der Waals surface area contributed by atoms with Crippen molar-refractivity contribution >= 4 is 44.8 Å². The van der Waals surface area contributed by atoms with Crippen molar-refractivity contribution in [1.82, 2.24) is 5.32 Å². The van der Waals surface area contributed by atoms with Gasteiger partial charge in [-0.05, 0) is 55.7 Å². The number of nitrogens with one attached hydrogen (secondary N) is 4. The monoisotopic (exact) mass is 444 g/mol. The van der Waals surface area contributed by atoms with Crippen molar-refractivity contribution in [3.8, 4) is 0 Å². The average Bonchev–Trinajstić information content (AvgIpc) is 3.47. The molecule has 0 bridgehead atoms. The number of amides is 3. The molecule has 2 aromatic rings. The molecule has 0 saturated heterocycles. The first-order valence-electron chi connectivity index (χ1n) is 9.64. The summed E-state index contributed by atoms with van der Waals surface area (Å²) in [6, 6.07) is 9.44. The molecule has 4 N–H and O–H groups in total. The van der Waals surface area contributed by atoms with Gasteiger partial charge in [-0.15, -0.1) is 0 Å². The molecule has 1 aliphatic carbocycles. The van der Waals surface area contributed by atoms with Crippen molar-refractivity contribution in [2.45, 2.75) is 32.7 Å². The Bertz CT molecular complexity index is 1160. The van der Waals surface area contributed by atoms with Crippen LogP contribution < -0.4 is 20.7 Å². The summed E-state index contributed by atoms with van der Waals surface area (Å²) in [5, 5.41) is 8.19. The highest BCUT2D eigenvalue weighted by molar-refractivity contribution is 7.92. The molecule has 0 heterocycles. The molecule has 10 heteroatoms. The summed E-state index contributed by atoms with van der Waals surface area (Å²) in [4.78, 5) is 36.7. The average molecular weight is 445 g/mol. The third-order valence-corrected chi connectivity index (χ3v) is 5.13. The van der Waals surface area contributed by atoms with Gasteiger partial charge in [0.2, 0.25) is 15.9 Å². The third kappa shape index (κ3) is 6.29. The Hall–Kier alpha value is -3.40. The Morgan fingerprint density at radius 1 is 0.935 bits per heavy atom. The molecule has 1 fully saturated rings. The van der Waals surface area contributed by atoms with Gasteiger partial charge >= 0.3 is 0 Å². The number of anilines is 3. The summed E-state index contributed by atoms with van der Waals surface area (Å²) in [5.41, 5.74) is 1.98. The molecule has 0 unspecified atom stereocenters. The van der Waals surface area contributed by atoms with Crippen LogP contribution >= 0.6 is 0 Å². The standard InChI is InChI=1S/C21H24N4O5S/c1-12-4-5-14(20(27)23-15-6-7-15)10-19(12)24-21(28)17-11-16(22-13(2)26)8-9-18(17)25-31(3,29)30/h4-5,8-11,15,25H,6-7H2,1-3H3,(H,22,26)(H,23,27)(H,24,28). The van der Waals surface area contributed by atoms with E-state index < -0.39 is 15.9 Å². The molecule has 0 aromatic heterocycles. The number of hydrogen-bond donors (Lipinski definition) is 4. The maximum Gasteiger partial charge on any atom is 0.257 e. The van der Waals surface area contributed by atoms with E-state index in [1.165, 1.54) is 25.1 Å². The molecule has 0 spiro atoms. The van der Waals surface area contributed by atoms with Crippen LogP contribution in [-0.4, -0.2) is 38.4 Å². The zero-order valence-corrected chi connectivity index (χ0v) is 18.2. The Morgan fingerprint density at radius 3 is 2.26 bits per heavy atom. The maximum absolute atomic E-state index is 13.0. The van der Waals surface area contributed by atoms with E-state index in [9.17, 15) is 22.8 Å². The van der Waals surface area contributed by atoms with Crippen LogP contribution in [-0.2, 0) is 14.8 Å². The third-order valence-electron chi connectivity index (χ3n) is 4.54. The fourth-order valence-electron chi connectivity index (χ4n) is 2.89. The van der Waals surface area contributed by atoms with Gasteiger partial charge < -0.3 is 16.0 Å². The van der Waals surface area contributed by atoms with Crippen LogP contribution in [0, 0.1) is 6.92 Å². The van der Waals surface area contributed by atoms with Gasteiger partial charge in [-0.2, -0.15) is 0 Å². The molecule has 9 nitrogen and oxygen atoms in total. The highest BCUT2D eigenvalue weighted by atomic mass is 32.2. The number of hydrogen-bond acceptors (Lipinski definition) is 5. The lowest BCUT2D eigenvalue weighted by Crippen LogP contribution is -2.25. The molecule has 0 atom stereocenters.